The summed E-state index contributed by atoms with van der Waals surface area (Å²) in [5.41, 5.74) is 2.23. The Morgan fingerprint density at radius 3 is 2.62 bits per heavy atom. The molecule has 0 spiro atoms. The van der Waals surface area contributed by atoms with Gasteiger partial charge in [0.05, 0.1) is 25.3 Å². The minimum atomic E-state index is 0.223. The Morgan fingerprint density at radius 2 is 1.85 bits per heavy atom. The largest absolute Gasteiger partial charge is 0.378 e. The zero-order valence-electron chi connectivity index (χ0n) is 14.7. The van der Waals surface area contributed by atoms with E-state index in [9.17, 15) is 4.79 Å². The molecule has 6 nitrogen and oxygen atoms in total. The molecule has 26 heavy (non-hydrogen) atoms. The molecule has 1 aromatic heterocycles. The van der Waals surface area contributed by atoms with Crippen LogP contribution in [0.1, 0.15) is 0 Å². The molecule has 0 atom stereocenters. The third kappa shape index (κ3) is 3.84. The summed E-state index contributed by atoms with van der Waals surface area (Å²) in [5, 5.41) is 1.17. The van der Waals surface area contributed by atoms with Crippen LogP contribution < -0.4 is 4.90 Å². The lowest BCUT2D eigenvalue weighted by molar-refractivity contribution is -0.136. The van der Waals surface area contributed by atoms with Crippen LogP contribution in [0, 0.1) is 0 Å². The van der Waals surface area contributed by atoms with Gasteiger partial charge in [0.15, 0.2) is 0 Å². The van der Waals surface area contributed by atoms with E-state index in [4.69, 9.17) is 4.74 Å². The number of carbonyl (C=O) groups excluding carboxylic acids is 1. The van der Waals surface area contributed by atoms with Gasteiger partial charge in [0, 0.05) is 61.0 Å². The summed E-state index contributed by atoms with van der Waals surface area (Å²) < 4.78 is 6.37. The maximum absolute atomic E-state index is 12.4. The first kappa shape index (κ1) is 17.7. The van der Waals surface area contributed by atoms with Gasteiger partial charge >= 0.3 is 0 Å². The molecule has 0 bridgehead atoms. The molecule has 0 aliphatic carbocycles. The van der Waals surface area contributed by atoms with Crippen molar-refractivity contribution in [3.63, 3.8) is 0 Å². The number of halogens is 1. The highest BCUT2D eigenvalue weighted by Crippen LogP contribution is 2.28. The number of hydrogen-bond donors (Lipinski definition) is 0. The monoisotopic (exact) mass is 418 g/mol. The highest BCUT2D eigenvalue weighted by molar-refractivity contribution is 9.10. The summed E-state index contributed by atoms with van der Waals surface area (Å²) >= 11 is 3.51. The maximum Gasteiger partial charge on any atom is 0.236 e. The number of carbonyl (C=O) groups is 1. The van der Waals surface area contributed by atoms with Crippen LogP contribution >= 0.6 is 15.9 Å². The molecule has 1 amide bonds. The Labute approximate surface area is 161 Å². The molecule has 2 saturated heterocycles. The van der Waals surface area contributed by atoms with Crippen LogP contribution in [0.15, 0.2) is 34.9 Å². The number of rotatable bonds is 3. The topological polar surface area (TPSA) is 48.9 Å². The molecule has 2 aromatic rings. The first-order chi connectivity index (χ1) is 12.7. The number of benzene rings is 1. The number of fused-ring (bicyclic) bond motifs is 1. The summed E-state index contributed by atoms with van der Waals surface area (Å²) in [6.07, 6.45) is 1.87. The predicted molar refractivity (Wildman–Crippen MR) is 105 cm³/mol. The predicted octanol–water partition coefficient (Wildman–Crippen LogP) is 1.98. The maximum atomic E-state index is 12.4. The van der Waals surface area contributed by atoms with Gasteiger partial charge in [-0.25, -0.2) is 0 Å². The lowest BCUT2D eigenvalue weighted by atomic mass is 10.1. The van der Waals surface area contributed by atoms with E-state index in [1.54, 1.807) is 0 Å². The molecule has 0 N–H and O–H groups in total. The van der Waals surface area contributed by atoms with Crippen LogP contribution in [0.25, 0.3) is 10.9 Å². The van der Waals surface area contributed by atoms with Crippen molar-refractivity contribution in [1.29, 1.82) is 0 Å². The normalized spacial score (nSPS) is 19.1. The molecule has 138 valence electrons. The van der Waals surface area contributed by atoms with E-state index in [0.29, 0.717) is 19.8 Å². The van der Waals surface area contributed by atoms with Gasteiger partial charge in [0.25, 0.3) is 0 Å². The Bertz CT molecular complexity index is 786. The van der Waals surface area contributed by atoms with Crippen molar-refractivity contribution in [2.24, 2.45) is 0 Å². The van der Waals surface area contributed by atoms with Crippen molar-refractivity contribution >= 4 is 38.4 Å². The van der Waals surface area contributed by atoms with Crippen LogP contribution in [-0.2, 0) is 9.53 Å². The molecule has 2 aliphatic heterocycles. The van der Waals surface area contributed by atoms with Gasteiger partial charge in [-0.1, -0.05) is 15.9 Å². The molecule has 0 unspecified atom stereocenters. The average molecular weight is 419 g/mol. The highest BCUT2D eigenvalue weighted by Gasteiger charge is 2.23. The SMILES string of the molecule is O=C(CN1CCN(c2ccnc3cc(Br)ccc23)CC1)N1CCOCC1. The fourth-order valence-corrected chi connectivity index (χ4v) is 3.98. The molecule has 0 radical (unpaired) electrons. The summed E-state index contributed by atoms with van der Waals surface area (Å²) in [5.74, 6) is 0.223. The zero-order valence-corrected chi connectivity index (χ0v) is 16.3. The Balaban J connectivity index is 1.38. The van der Waals surface area contributed by atoms with Crippen LogP contribution in [-0.4, -0.2) is 79.7 Å². The van der Waals surface area contributed by atoms with Crippen LogP contribution in [0.4, 0.5) is 5.69 Å². The number of piperazine rings is 1. The number of aromatic nitrogens is 1. The number of hydrogen-bond acceptors (Lipinski definition) is 5. The molecule has 7 heteroatoms. The third-order valence-corrected chi connectivity index (χ3v) is 5.61. The Hall–Kier alpha value is -1.70. The quantitative estimate of drug-likeness (QED) is 0.762. The number of nitrogens with zero attached hydrogens (tertiary/aromatic N) is 4. The Kier molecular flexibility index (Phi) is 5.38. The number of ether oxygens (including phenoxy) is 1. The van der Waals surface area contributed by atoms with Crippen molar-refractivity contribution in [3.8, 4) is 0 Å². The fourth-order valence-electron chi connectivity index (χ4n) is 3.63. The van der Waals surface area contributed by atoms with Crippen molar-refractivity contribution in [2.75, 3.05) is 63.9 Å². The number of amides is 1. The zero-order chi connectivity index (χ0) is 17.9. The molecule has 2 aliphatic rings. The van der Waals surface area contributed by atoms with Crippen molar-refractivity contribution in [1.82, 2.24) is 14.8 Å². The minimum Gasteiger partial charge on any atom is -0.378 e. The van der Waals surface area contributed by atoms with E-state index < -0.39 is 0 Å². The van der Waals surface area contributed by atoms with Gasteiger partial charge in [-0.3, -0.25) is 14.7 Å². The lowest BCUT2D eigenvalue weighted by Crippen LogP contribution is -2.51. The van der Waals surface area contributed by atoms with E-state index in [1.165, 1.54) is 11.1 Å². The summed E-state index contributed by atoms with van der Waals surface area (Å²) in [7, 11) is 0. The van der Waals surface area contributed by atoms with Gasteiger partial charge < -0.3 is 14.5 Å². The van der Waals surface area contributed by atoms with Gasteiger partial charge in [0.2, 0.25) is 5.91 Å². The molecule has 4 rings (SSSR count). The second-order valence-corrected chi connectivity index (χ2v) is 7.66. The number of anilines is 1. The first-order valence-electron chi connectivity index (χ1n) is 9.08. The second kappa shape index (κ2) is 7.90. The Morgan fingerprint density at radius 1 is 1.08 bits per heavy atom. The van der Waals surface area contributed by atoms with Crippen molar-refractivity contribution in [2.45, 2.75) is 0 Å². The van der Waals surface area contributed by atoms with E-state index in [-0.39, 0.29) is 5.91 Å². The molecular formula is C19H23BrN4O2. The molecular weight excluding hydrogens is 396 g/mol. The van der Waals surface area contributed by atoms with Gasteiger partial charge in [0.1, 0.15) is 0 Å². The van der Waals surface area contributed by atoms with Crippen molar-refractivity contribution < 1.29 is 9.53 Å². The minimum absolute atomic E-state index is 0.223. The molecule has 3 heterocycles. The smallest absolute Gasteiger partial charge is 0.236 e. The van der Waals surface area contributed by atoms with Gasteiger partial charge in [-0.2, -0.15) is 0 Å². The first-order valence-corrected chi connectivity index (χ1v) is 9.87. The van der Waals surface area contributed by atoms with Gasteiger partial charge in [-0.15, -0.1) is 0 Å². The van der Waals surface area contributed by atoms with Crippen molar-refractivity contribution in [3.05, 3.63) is 34.9 Å². The summed E-state index contributed by atoms with van der Waals surface area (Å²) in [4.78, 5) is 23.5. The van der Waals surface area contributed by atoms with Crippen LogP contribution in [0.2, 0.25) is 0 Å². The fraction of sp³-hybridized carbons (Fsp3) is 0.474. The lowest BCUT2D eigenvalue weighted by Gasteiger charge is -2.37. The molecule has 1 aromatic carbocycles. The average Bonchev–Trinajstić information content (AvgIpc) is 2.68. The second-order valence-electron chi connectivity index (χ2n) is 6.75. The molecule has 0 saturated carbocycles. The molecule has 2 fully saturated rings. The number of morpholine rings is 1. The van der Waals surface area contributed by atoms with Crippen LogP contribution in [0.3, 0.4) is 0 Å². The van der Waals surface area contributed by atoms with Crippen LogP contribution in [0.5, 0.6) is 0 Å². The van der Waals surface area contributed by atoms with E-state index in [1.807, 2.05) is 11.1 Å². The number of pyridine rings is 1. The van der Waals surface area contributed by atoms with E-state index >= 15 is 0 Å². The summed E-state index contributed by atoms with van der Waals surface area (Å²) in [6.45, 7) is 6.91. The standard InChI is InChI=1S/C19H23BrN4O2/c20-15-1-2-16-17(13-15)21-4-3-18(16)23-7-5-22(6-8-23)14-19(25)24-9-11-26-12-10-24/h1-4,13H,5-12,14H2. The van der Waals surface area contributed by atoms with Gasteiger partial charge in [-0.05, 0) is 24.3 Å². The van der Waals surface area contributed by atoms with E-state index in [0.717, 1.165) is 49.3 Å². The third-order valence-electron chi connectivity index (χ3n) is 5.12. The van der Waals surface area contributed by atoms with E-state index in [2.05, 4.69) is 55.0 Å². The highest BCUT2D eigenvalue weighted by atomic mass is 79.9. The summed E-state index contributed by atoms with van der Waals surface area (Å²) in [6, 6.07) is 8.32.